The largest absolute Gasteiger partial charge is 0.320 e. The molecule has 0 radical (unpaired) electrons. The molecule has 3 rings (SSSR count). The van der Waals surface area contributed by atoms with Gasteiger partial charge in [-0.2, -0.15) is 0 Å². The fraction of sp³-hybridized carbons (Fsp3) is 0.111. The number of benzene rings is 2. The van der Waals surface area contributed by atoms with Crippen LogP contribution in [0.25, 0.3) is 0 Å². The van der Waals surface area contributed by atoms with Gasteiger partial charge in [-0.3, -0.25) is 9.59 Å². The molecule has 0 atom stereocenters. The van der Waals surface area contributed by atoms with Gasteiger partial charge < -0.3 is 5.73 Å². The van der Waals surface area contributed by atoms with Gasteiger partial charge >= 0.3 is 0 Å². The first-order valence-electron chi connectivity index (χ1n) is 6.91. The summed E-state index contributed by atoms with van der Waals surface area (Å²) < 4.78 is 0. The normalized spacial score (nSPS) is 12.9. The molecule has 4 nitrogen and oxygen atoms in total. The van der Waals surface area contributed by atoms with Gasteiger partial charge in [-0.25, -0.2) is 4.90 Å². The Kier molecular flexibility index (Phi) is 3.50. The monoisotopic (exact) mass is 290 g/mol. The number of nitrogens with two attached hydrogens (primary N) is 1. The number of hydrogen-bond donors (Lipinski definition) is 1. The highest BCUT2D eigenvalue weighted by Gasteiger charge is 2.37. The molecule has 0 spiro atoms. The molecular weight excluding hydrogens is 276 g/mol. The van der Waals surface area contributed by atoms with Crippen LogP contribution >= 0.6 is 0 Å². The highest BCUT2D eigenvalue weighted by Crippen LogP contribution is 2.30. The molecule has 2 amide bonds. The van der Waals surface area contributed by atoms with E-state index < -0.39 is 0 Å². The summed E-state index contributed by atoms with van der Waals surface area (Å²) in [4.78, 5) is 26.3. The molecule has 0 aliphatic carbocycles. The number of aryl methyl sites for hydroxylation is 1. The highest BCUT2D eigenvalue weighted by atomic mass is 16.2. The van der Waals surface area contributed by atoms with E-state index in [9.17, 15) is 9.59 Å². The average Bonchev–Trinajstić information content (AvgIpc) is 2.78. The first-order valence-corrected chi connectivity index (χ1v) is 6.91. The molecule has 22 heavy (non-hydrogen) atoms. The fourth-order valence-corrected chi connectivity index (χ4v) is 2.50. The van der Waals surface area contributed by atoms with Gasteiger partial charge in [0.1, 0.15) is 0 Å². The number of amides is 2. The summed E-state index contributed by atoms with van der Waals surface area (Å²) in [7, 11) is 0. The van der Waals surface area contributed by atoms with Crippen LogP contribution < -0.4 is 10.6 Å². The Morgan fingerprint density at radius 1 is 1.05 bits per heavy atom. The van der Waals surface area contributed by atoms with E-state index in [-0.39, 0.29) is 18.4 Å². The van der Waals surface area contributed by atoms with Crippen molar-refractivity contribution in [2.24, 2.45) is 5.73 Å². The van der Waals surface area contributed by atoms with Gasteiger partial charge in [0.2, 0.25) is 0 Å². The minimum Gasteiger partial charge on any atom is -0.320 e. The second-order valence-corrected chi connectivity index (χ2v) is 5.02. The maximum absolute atomic E-state index is 12.6. The third-order valence-corrected chi connectivity index (χ3v) is 3.51. The Labute approximate surface area is 128 Å². The van der Waals surface area contributed by atoms with Gasteiger partial charge in [0.25, 0.3) is 11.8 Å². The minimum atomic E-state index is -0.319. The van der Waals surface area contributed by atoms with Crippen LogP contribution in [0.5, 0.6) is 0 Å². The predicted octanol–water partition coefficient (Wildman–Crippen LogP) is 2.11. The van der Waals surface area contributed by atoms with Crippen LogP contribution in [0, 0.1) is 18.8 Å². The lowest BCUT2D eigenvalue weighted by Crippen LogP contribution is -2.30. The molecular formula is C18H14N2O2. The van der Waals surface area contributed by atoms with E-state index in [1.807, 2.05) is 19.1 Å². The smallest absolute Gasteiger partial charge is 0.266 e. The lowest BCUT2D eigenvalue weighted by Gasteiger charge is -2.16. The van der Waals surface area contributed by atoms with Gasteiger partial charge in [0.15, 0.2) is 0 Å². The second kappa shape index (κ2) is 5.47. The van der Waals surface area contributed by atoms with Gasteiger partial charge in [-0.15, -0.1) is 0 Å². The van der Waals surface area contributed by atoms with Crippen LogP contribution in [0.2, 0.25) is 0 Å². The number of fused-ring (bicyclic) bond motifs is 1. The quantitative estimate of drug-likeness (QED) is 0.646. The number of nitrogens with zero attached hydrogens (tertiary/aromatic N) is 1. The number of carbonyl (C=O) groups excluding carboxylic acids is 2. The molecule has 0 unspecified atom stereocenters. The molecule has 108 valence electrons. The number of carbonyl (C=O) groups is 2. The Hall–Kier alpha value is -2.90. The standard InChI is InChI=1S/C18H14N2O2/c1-12-8-9-16(13(11-12)5-4-10-19)20-17(21)14-6-2-3-7-15(14)18(20)22/h2-3,6-9,11H,10,19H2,1H3. The predicted molar refractivity (Wildman–Crippen MR) is 84.7 cm³/mol. The van der Waals surface area contributed by atoms with E-state index in [1.54, 1.807) is 30.3 Å². The van der Waals surface area contributed by atoms with Crippen LogP contribution in [-0.2, 0) is 0 Å². The molecule has 4 heteroatoms. The second-order valence-electron chi connectivity index (χ2n) is 5.02. The van der Waals surface area contributed by atoms with Crippen LogP contribution in [0.1, 0.15) is 31.8 Å². The van der Waals surface area contributed by atoms with Crippen LogP contribution in [0.3, 0.4) is 0 Å². The van der Waals surface area contributed by atoms with Crippen molar-refractivity contribution in [2.45, 2.75) is 6.92 Å². The maximum Gasteiger partial charge on any atom is 0.266 e. The zero-order chi connectivity index (χ0) is 15.7. The number of hydrogen-bond acceptors (Lipinski definition) is 3. The van der Waals surface area contributed by atoms with Crippen molar-refractivity contribution >= 4 is 17.5 Å². The Morgan fingerprint density at radius 3 is 2.27 bits per heavy atom. The van der Waals surface area contributed by atoms with Crippen molar-refractivity contribution in [3.8, 4) is 11.8 Å². The molecule has 1 heterocycles. The Balaban J connectivity index is 2.14. The molecule has 0 bridgehead atoms. The highest BCUT2D eigenvalue weighted by molar-refractivity contribution is 6.34. The Bertz CT molecular complexity index is 809. The lowest BCUT2D eigenvalue weighted by atomic mass is 10.1. The van der Waals surface area contributed by atoms with Gasteiger partial charge in [0, 0.05) is 5.56 Å². The molecule has 0 saturated carbocycles. The van der Waals surface area contributed by atoms with Crippen molar-refractivity contribution in [2.75, 3.05) is 11.4 Å². The van der Waals surface area contributed by atoms with E-state index >= 15 is 0 Å². The van der Waals surface area contributed by atoms with Crippen LogP contribution in [0.15, 0.2) is 42.5 Å². The number of imide groups is 1. The topological polar surface area (TPSA) is 63.4 Å². The summed E-state index contributed by atoms with van der Waals surface area (Å²) in [6.07, 6.45) is 0. The van der Waals surface area contributed by atoms with E-state index in [0.29, 0.717) is 22.4 Å². The third kappa shape index (κ3) is 2.18. The first kappa shape index (κ1) is 14.1. The van der Waals surface area contributed by atoms with Gasteiger partial charge in [-0.1, -0.05) is 30.0 Å². The molecule has 0 saturated heterocycles. The molecule has 1 aliphatic heterocycles. The van der Waals surface area contributed by atoms with Crippen molar-refractivity contribution in [3.05, 3.63) is 64.7 Å². The van der Waals surface area contributed by atoms with Crippen molar-refractivity contribution < 1.29 is 9.59 Å². The zero-order valence-corrected chi connectivity index (χ0v) is 12.1. The first-order chi connectivity index (χ1) is 10.6. The fourth-order valence-electron chi connectivity index (χ4n) is 2.50. The summed E-state index contributed by atoms with van der Waals surface area (Å²) in [5.74, 6) is 5.07. The zero-order valence-electron chi connectivity index (χ0n) is 12.1. The molecule has 0 aromatic heterocycles. The molecule has 0 fully saturated rings. The van der Waals surface area contributed by atoms with E-state index in [1.165, 1.54) is 4.90 Å². The number of anilines is 1. The third-order valence-electron chi connectivity index (χ3n) is 3.51. The van der Waals surface area contributed by atoms with E-state index in [4.69, 9.17) is 5.73 Å². The summed E-state index contributed by atoms with van der Waals surface area (Å²) >= 11 is 0. The number of rotatable bonds is 1. The minimum absolute atomic E-state index is 0.218. The van der Waals surface area contributed by atoms with Crippen LogP contribution in [0.4, 0.5) is 5.69 Å². The van der Waals surface area contributed by atoms with Crippen molar-refractivity contribution in [1.82, 2.24) is 0 Å². The van der Waals surface area contributed by atoms with Gasteiger partial charge in [-0.05, 0) is 36.8 Å². The van der Waals surface area contributed by atoms with E-state index in [2.05, 4.69) is 11.8 Å². The maximum atomic E-state index is 12.6. The molecule has 1 aliphatic rings. The molecule has 2 aromatic carbocycles. The molecule has 2 aromatic rings. The summed E-state index contributed by atoms with van der Waals surface area (Å²) in [5.41, 5.74) is 8.39. The SMILES string of the molecule is Cc1ccc(N2C(=O)c3ccccc3C2=O)c(C#CCN)c1. The van der Waals surface area contributed by atoms with Crippen molar-refractivity contribution in [3.63, 3.8) is 0 Å². The van der Waals surface area contributed by atoms with Gasteiger partial charge in [0.05, 0.1) is 23.4 Å². The Morgan fingerprint density at radius 2 is 1.68 bits per heavy atom. The summed E-state index contributed by atoms with van der Waals surface area (Å²) in [6.45, 7) is 2.15. The van der Waals surface area contributed by atoms with Crippen molar-refractivity contribution in [1.29, 1.82) is 0 Å². The average molecular weight is 290 g/mol. The van der Waals surface area contributed by atoms with Crippen LogP contribution in [-0.4, -0.2) is 18.4 Å². The summed E-state index contributed by atoms with van der Waals surface area (Å²) in [5, 5.41) is 0. The molecule has 2 N–H and O–H groups in total. The lowest BCUT2D eigenvalue weighted by molar-refractivity contribution is 0.0926. The van der Waals surface area contributed by atoms with E-state index in [0.717, 1.165) is 5.56 Å². The summed E-state index contributed by atoms with van der Waals surface area (Å²) in [6, 6.07) is 12.3.